The zero-order valence-electron chi connectivity index (χ0n) is 18.0. The third-order valence-corrected chi connectivity index (χ3v) is 6.77. The first kappa shape index (κ1) is 24.5. The molecule has 0 saturated heterocycles. The predicted octanol–water partition coefficient (Wildman–Crippen LogP) is 7.17. The lowest BCUT2D eigenvalue weighted by molar-refractivity contribution is 0.323. The van der Waals surface area contributed by atoms with Crippen LogP contribution in [0, 0.1) is 16.7 Å². The van der Waals surface area contributed by atoms with Crippen LogP contribution in [0.15, 0.2) is 37.0 Å². The quantitative estimate of drug-likeness (QED) is 0.229. The molecule has 0 radical (unpaired) electrons. The smallest absolute Gasteiger partial charge is 0.0912 e. The molecule has 0 spiro atoms. The highest BCUT2D eigenvalue weighted by Gasteiger charge is 2.22. The molecule has 1 rings (SSSR count). The fourth-order valence-electron chi connectivity index (χ4n) is 3.09. The molecule has 2 nitrogen and oxygen atoms in total. The Labute approximate surface area is 181 Å². The van der Waals surface area contributed by atoms with Gasteiger partial charge in [-0.1, -0.05) is 72.2 Å². The Morgan fingerprint density at radius 2 is 2.00 bits per heavy atom. The van der Waals surface area contributed by atoms with Gasteiger partial charge in [-0.05, 0) is 59.4 Å². The van der Waals surface area contributed by atoms with Gasteiger partial charge in [0, 0.05) is 22.4 Å². The number of aryl methyl sites for hydroxylation is 1. The minimum Gasteiger partial charge on any atom is -0.262 e. The van der Waals surface area contributed by atoms with E-state index in [0.717, 1.165) is 29.6 Å². The Bertz CT molecular complexity index is 801. The van der Waals surface area contributed by atoms with Crippen molar-refractivity contribution in [3.05, 3.63) is 57.8 Å². The number of nitrogens with one attached hydrogen (secondary N) is 1. The van der Waals surface area contributed by atoms with E-state index in [4.69, 9.17) is 5.26 Å². The zero-order chi connectivity index (χ0) is 21.3. The average molecular weight is 415 g/mol. The molecule has 0 bridgehead atoms. The number of hydrogen-bond donors (Lipinski definition) is 2. The van der Waals surface area contributed by atoms with Crippen molar-refractivity contribution in [2.75, 3.05) is 6.54 Å². The van der Waals surface area contributed by atoms with Gasteiger partial charge in [0.1, 0.15) is 0 Å². The van der Waals surface area contributed by atoms with Gasteiger partial charge in [0.05, 0.1) is 6.07 Å². The second-order valence-electron chi connectivity index (χ2n) is 7.85. The van der Waals surface area contributed by atoms with Gasteiger partial charge >= 0.3 is 0 Å². The van der Waals surface area contributed by atoms with Crippen molar-refractivity contribution in [2.24, 2.45) is 5.41 Å². The number of allylic oxidation sites excluding steroid dienone is 4. The van der Waals surface area contributed by atoms with Gasteiger partial charge in [-0.15, -0.1) is 11.3 Å². The summed E-state index contributed by atoms with van der Waals surface area (Å²) in [6.45, 7) is 20.5. The Morgan fingerprint density at radius 1 is 1.32 bits per heavy atom. The summed E-state index contributed by atoms with van der Waals surface area (Å²) in [6, 6.07) is 2.03. The van der Waals surface area contributed by atoms with Crippen molar-refractivity contribution in [2.45, 2.75) is 60.3 Å². The first-order valence-electron chi connectivity index (χ1n) is 9.84. The molecule has 0 aromatic carbocycles. The van der Waals surface area contributed by atoms with Crippen LogP contribution in [0.3, 0.4) is 0 Å². The lowest BCUT2D eigenvalue weighted by Crippen LogP contribution is -2.10. The van der Waals surface area contributed by atoms with Gasteiger partial charge in [0.25, 0.3) is 0 Å². The van der Waals surface area contributed by atoms with Crippen LogP contribution in [0.2, 0.25) is 0 Å². The van der Waals surface area contributed by atoms with E-state index in [-0.39, 0.29) is 0 Å². The highest BCUT2D eigenvalue weighted by Crippen LogP contribution is 2.41. The van der Waals surface area contributed by atoms with E-state index >= 15 is 0 Å². The molecule has 1 aromatic rings. The van der Waals surface area contributed by atoms with Crippen LogP contribution in [0.1, 0.15) is 68.3 Å². The second-order valence-corrected chi connectivity index (χ2v) is 9.27. The van der Waals surface area contributed by atoms with Crippen molar-refractivity contribution < 1.29 is 0 Å². The number of thiol groups is 1. The highest BCUT2D eigenvalue weighted by atomic mass is 32.1. The molecule has 0 saturated carbocycles. The van der Waals surface area contributed by atoms with E-state index in [1.54, 1.807) is 6.08 Å². The topological polar surface area (TPSA) is 35.8 Å². The summed E-state index contributed by atoms with van der Waals surface area (Å²) >= 11 is 6.01. The van der Waals surface area contributed by atoms with Crippen LogP contribution in [0.5, 0.6) is 0 Å². The fraction of sp³-hybridized carbons (Fsp3) is 0.458. The minimum absolute atomic E-state index is 0.346. The third-order valence-electron chi connectivity index (χ3n) is 5.26. The molecule has 0 atom stereocenters. The van der Waals surface area contributed by atoms with Crippen molar-refractivity contribution in [3.63, 3.8) is 0 Å². The molecule has 1 aromatic heterocycles. The number of nitrogens with zero attached hydrogens (tertiary/aromatic N) is 1. The van der Waals surface area contributed by atoms with E-state index in [0.29, 0.717) is 12.0 Å². The molecule has 152 valence electrons. The Balaban J connectivity index is 3.42. The second kappa shape index (κ2) is 11.5. The number of thiophene rings is 1. The Kier molecular flexibility index (Phi) is 10.0. The van der Waals surface area contributed by atoms with Crippen LogP contribution in [-0.4, -0.2) is 6.54 Å². The third kappa shape index (κ3) is 6.51. The molecule has 0 aliphatic heterocycles. The van der Waals surface area contributed by atoms with E-state index < -0.39 is 0 Å². The molecule has 1 N–H and O–H groups in total. The molecule has 0 aliphatic rings. The summed E-state index contributed by atoms with van der Waals surface area (Å²) in [5.74, 6) is 0. The van der Waals surface area contributed by atoms with Gasteiger partial charge in [-0.2, -0.15) is 5.26 Å². The summed E-state index contributed by atoms with van der Waals surface area (Å²) in [5, 5.41) is 8.77. The summed E-state index contributed by atoms with van der Waals surface area (Å²) in [4.78, 5) is 2.64. The zero-order valence-corrected chi connectivity index (χ0v) is 19.7. The summed E-state index contributed by atoms with van der Waals surface area (Å²) < 4.78 is 2.91. The highest BCUT2D eigenvalue weighted by molar-refractivity contribution is 7.78. The van der Waals surface area contributed by atoms with Gasteiger partial charge in [-0.25, -0.2) is 0 Å². The molecule has 0 aliphatic carbocycles. The molecular weight excluding hydrogens is 380 g/mol. The van der Waals surface area contributed by atoms with Gasteiger partial charge in [0.2, 0.25) is 0 Å². The summed E-state index contributed by atoms with van der Waals surface area (Å²) in [6.07, 6.45) is 9.58. The molecule has 0 amide bonds. The SMILES string of the molecule is C=C(/C(=C\C=C\C#N)CNS)c1sc(CCC(C)(C)CC)c(CC)c1C(=C)C. The maximum Gasteiger partial charge on any atom is 0.0912 e. The fourth-order valence-corrected chi connectivity index (χ4v) is 4.73. The van der Waals surface area contributed by atoms with E-state index in [2.05, 4.69) is 65.3 Å². The van der Waals surface area contributed by atoms with Gasteiger partial charge < -0.3 is 0 Å². The van der Waals surface area contributed by atoms with Crippen molar-refractivity contribution >= 4 is 35.3 Å². The summed E-state index contributed by atoms with van der Waals surface area (Å²) in [5.41, 5.74) is 6.08. The van der Waals surface area contributed by atoms with Crippen molar-refractivity contribution in [1.82, 2.24) is 4.72 Å². The molecule has 0 fully saturated rings. The lowest BCUT2D eigenvalue weighted by atomic mass is 9.84. The molecular formula is C24H34N2S2. The molecule has 28 heavy (non-hydrogen) atoms. The van der Waals surface area contributed by atoms with E-state index in [1.165, 1.54) is 39.8 Å². The predicted molar refractivity (Wildman–Crippen MR) is 130 cm³/mol. The molecule has 0 unspecified atom stereocenters. The Hall–Kier alpha value is -1.54. The minimum atomic E-state index is 0.346. The molecule has 1 heterocycles. The Morgan fingerprint density at radius 3 is 2.50 bits per heavy atom. The standard InChI is InChI=1S/C24H34N2S2/c1-8-20-21(13-14-24(6,7)9-2)28-23(22(20)17(3)4)18(5)19(16-26-27)12-10-11-15-25/h10-12,26-27H,3,5,8-9,13-14,16H2,1-2,4,6-7H3/b11-10+,19-12-. The monoisotopic (exact) mass is 414 g/mol. The normalized spacial score (nSPS) is 12.4. The van der Waals surface area contributed by atoms with Crippen molar-refractivity contribution in [1.29, 1.82) is 5.26 Å². The molecule has 4 heteroatoms. The number of hydrogen-bond acceptors (Lipinski definition) is 4. The number of nitriles is 1. The van der Waals surface area contributed by atoms with Crippen molar-refractivity contribution in [3.8, 4) is 6.07 Å². The average Bonchev–Trinajstić information content (AvgIpc) is 3.04. The van der Waals surface area contributed by atoms with Crippen LogP contribution in [-0.2, 0) is 12.8 Å². The lowest BCUT2D eigenvalue weighted by Gasteiger charge is -2.22. The van der Waals surface area contributed by atoms with Crippen LogP contribution >= 0.6 is 24.2 Å². The van der Waals surface area contributed by atoms with Crippen LogP contribution in [0.4, 0.5) is 0 Å². The van der Waals surface area contributed by atoms with Gasteiger partial charge in [-0.3, -0.25) is 4.72 Å². The van der Waals surface area contributed by atoms with Crippen LogP contribution < -0.4 is 4.72 Å². The summed E-state index contributed by atoms with van der Waals surface area (Å²) in [7, 11) is 0. The largest absolute Gasteiger partial charge is 0.262 e. The van der Waals surface area contributed by atoms with Gasteiger partial charge in [0.15, 0.2) is 0 Å². The maximum atomic E-state index is 8.77. The van der Waals surface area contributed by atoms with E-state index in [9.17, 15) is 0 Å². The first-order valence-corrected chi connectivity index (χ1v) is 11.1. The number of rotatable bonds is 11. The van der Waals surface area contributed by atoms with Crippen LogP contribution in [0.25, 0.3) is 11.1 Å². The van der Waals surface area contributed by atoms with E-state index in [1.807, 2.05) is 23.5 Å². The maximum absolute atomic E-state index is 8.77. The first-order chi connectivity index (χ1) is 13.2.